The summed E-state index contributed by atoms with van der Waals surface area (Å²) in [7, 11) is 0. The number of aromatic nitrogens is 2. The molecule has 4 rings (SSSR count). The third-order valence-electron chi connectivity index (χ3n) is 3.99. The molecule has 0 saturated heterocycles. The Morgan fingerprint density at radius 2 is 1.92 bits per heavy atom. The van der Waals surface area contributed by atoms with Crippen molar-refractivity contribution in [3.8, 4) is 10.6 Å². The van der Waals surface area contributed by atoms with Gasteiger partial charge in [-0.2, -0.15) is 0 Å². The van der Waals surface area contributed by atoms with Gasteiger partial charge in [0.1, 0.15) is 15.4 Å². The van der Waals surface area contributed by atoms with Gasteiger partial charge in [0.25, 0.3) is 5.91 Å². The van der Waals surface area contributed by atoms with Crippen LogP contribution >= 0.6 is 33.9 Å². The molecule has 0 radical (unpaired) electrons. The molecule has 0 aliphatic carbocycles. The fraction of sp³-hybridized carbons (Fsp3) is 0.0500. The molecule has 0 spiro atoms. The SMILES string of the molecule is Cc1cc(-c2nc3cccnc3s2)ccc1NC(=O)c1ccc(I)cc1. The highest BCUT2D eigenvalue weighted by Crippen LogP contribution is 2.31. The van der Waals surface area contributed by atoms with Crippen molar-refractivity contribution >= 4 is 55.9 Å². The fourth-order valence-electron chi connectivity index (χ4n) is 2.63. The molecule has 4 nitrogen and oxygen atoms in total. The lowest BCUT2D eigenvalue weighted by Gasteiger charge is -2.10. The zero-order chi connectivity index (χ0) is 18.1. The predicted molar refractivity (Wildman–Crippen MR) is 115 cm³/mol. The van der Waals surface area contributed by atoms with E-state index in [0.717, 1.165) is 35.7 Å². The number of rotatable bonds is 3. The molecule has 1 N–H and O–H groups in total. The molecule has 1 amide bonds. The Bertz CT molecular complexity index is 1070. The first-order valence-corrected chi connectivity index (χ1v) is 9.89. The molecule has 0 atom stereocenters. The quantitative estimate of drug-likeness (QED) is 0.400. The van der Waals surface area contributed by atoms with Crippen LogP contribution in [-0.4, -0.2) is 15.9 Å². The van der Waals surface area contributed by atoms with Gasteiger partial charge < -0.3 is 5.32 Å². The van der Waals surface area contributed by atoms with E-state index in [1.54, 1.807) is 17.5 Å². The molecule has 4 aromatic rings. The van der Waals surface area contributed by atoms with Crippen LogP contribution in [0.5, 0.6) is 0 Å². The summed E-state index contributed by atoms with van der Waals surface area (Å²) in [4.78, 5) is 22.3. The Hall–Kier alpha value is -2.32. The summed E-state index contributed by atoms with van der Waals surface area (Å²) < 4.78 is 1.10. The molecule has 26 heavy (non-hydrogen) atoms. The lowest BCUT2D eigenvalue weighted by molar-refractivity contribution is 0.102. The molecule has 2 aromatic carbocycles. The zero-order valence-corrected chi connectivity index (χ0v) is 16.8. The normalized spacial score (nSPS) is 10.8. The molecule has 0 saturated carbocycles. The van der Waals surface area contributed by atoms with Crippen LogP contribution in [0.25, 0.3) is 20.9 Å². The standard InChI is InChI=1S/C20H14IN3OS/c1-12-11-14(19-24-17-3-2-10-22-20(17)26-19)6-9-16(12)23-18(25)13-4-7-15(21)8-5-13/h2-11H,1H3,(H,23,25). The van der Waals surface area contributed by atoms with E-state index in [-0.39, 0.29) is 5.91 Å². The summed E-state index contributed by atoms with van der Waals surface area (Å²) >= 11 is 3.79. The van der Waals surface area contributed by atoms with Crippen LogP contribution in [0, 0.1) is 10.5 Å². The topological polar surface area (TPSA) is 54.9 Å². The number of benzene rings is 2. The number of carbonyl (C=O) groups excluding carboxylic acids is 1. The first-order valence-electron chi connectivity index (χ1n) is 8.00. The van der Waals surface area contributed by atoms with Crippen molar-refractivity contribution in [3.05, 3.63) is 75.5 Å². The second kappa shape index (κ2) is 7.13. The van der Waals surface area contributed by atoms with Gasteiger partial charge in [-0.05, 0) is 89.7 Å². The number of anilines is 1. The number of fused-ring (bicyclic) bond motifs is 1. The molecule has 6 heteroatoms. The third kappa shape index (κ3) is 3.47. The Morgan fingerprint density at radius 3 is 2.65 bits per heavy atom. The minimum Gasteiger partial charge on any atom is -0.322 e. The zero-order valence-electron chi connectivity index (χ0n) is 13.9. The smallest absolute Gasteiger partial charge is 0.255 e. The van der Waals surface area contributed by atoms with Gasteiger partial charge in [-0.15, -0.1) is 0 Å². The average Bonchev–Trinajstić information content (AvgIpc) is 3.08. The molecule has 0 aliphatic rings. The van der Waals surface area contributed by atoms with Crippen molar-refractivity contribution in [2.45, 2.75) is 6.92 Å². The maximum atomic E-state index is 12.4. The van der Waals surface area contributed by atoms with Crippen LogP contribution in [0.4, 0.5) is 5.69 Å². The Kier molecular flexibility index (Phi) is 4.69. The van der Waals surface area contributed by atoms with Crippen LogP contribution in [0.3, 0.4) is 0 Å². The van der Waals surface area contributed by atoms with Gasteiger partial charge in [-0.25, -0.2) is 9.97 Å². The second-order valence-electron chi connectivity index (χ2n) is 5.84. The van der Waals surface area contributed by atoms with Crippen LogP contribution in [0.1, 0.15) is 15.9 Å². The van der Waals surface area contributed by atoms with Gasteiger partial charge in [0.05, 0.1) is 0 Å². The molecule has 0 fully saturated rings. The minimum absolute atomic E-state index is 0.110. The average molecular weight is 471 g/mol. The van der Waals surface area contributed by atoms with Gasteiger partial charge in [-0.3, -0.25) is 4.79 Å². The second-order valence-corrected chi connectivity index (χ2v) is 8.06. The van der Waals surface area contributed by atoms with Crippen molar-refractivity contribution in [2.24, 2.45) is 0 Å². The van der Waals surface area contributed by atoms with Crippen molar-refractivity contribution in [1.82, 2.24) is 9.97 Å². The number of nitrogens with zero attached hydrogens (tertiary/aromatic N) is 2. The van der Waals surface area contributed by atoms with Gasteiger partial charge in [0.15, 0.2) is 0 Å². The van der Waals surface area contributed by atoms with E-state index in [1.807, 2.05) is 61.5 Å². The van der Waals surface area contributed by atoms with Crippen molar-refractivity contribution < 1.29 is 4.79 Å². The van der Waals surface area contributed by atoms with Gasteiger partial charge in [0.2, 0.25) is 0 Å². The highest BCUT2D eigenvalue weighted by atomic mass is 127. The molecule has 2 heterocycles. The van der Waals surface area contributed by atoms with Gasteiger partial charge in [0, 0.05) is 26.6 Å². The van der Waals surface area contributed by atoms with Crippen molar-refractivity contribution in [2.75, 3.05) is 5.32 Å². The van der Waals surface area contributed by atoms with E-state index in [1.165, 1.54) is 0 Å². The Morgan fingerprint density at radius 1 is 1.12 bits per heavy atom. The Balaban J connectivity index is 1.59. The first-order chi connectivity index (χ1) is 12.6. The molecule has 2 aromatic heterocycles. The van der Waals surface area contributed by atoms with Crippen molar-refractivity contribution in [1.29, 1.82) is 0 Å². The van der Waals surface area contributed by atoms with Crippen LogP contribution in [0.2, 0.25) is 0 Å². The van der Waals surface area contributed by atoms with Crippen molar-refractivity contribution in [3.63, 3.8) is 0 Å². The number of thiazole rings is 1. The Labute approximate surface area is 168 Å². The molecule has 128 valence electrons. The van der Waals surface area contributed by atoms with E-state index < -0.39 is 0 Å². The summed E-state index contributed by atoms with van der Waals surface area (Å²) in [6.45, 7) is 1.98. The largest absolute Gasteiger partial charge is 0.322 e. The summed E-state index contributed by atoms with van der Waals surface area (Å²) in [5.41, 5.74) is 4.37. The lowest BCUT2D eigenvalue weighted by atomic mass is 10.1. The number of halogens is 1. The molecule has 0 aliphatic heterocycles. The number of aryl methyl sites for hydroxylation is 1. The summed E-state index contributed by atoms with van der Waals surface area (Å²) in [6, 6.07) is 17.3. The van der Waals surface area contributed by atoms with E-state index in [4.69, 9.17) is 0 Å². The number of hydrogen-bond donors (Lipinski definition) is 1. The van der Waals surface area contributed by atoms with Crippen LogP contribution in [0.15, 0.2) is 60.8 Å². The highest BCUT2D eigenvalue weighted by Gasteiger charge is 2.11. The van der Waals surface area contributed by atoms with Crippen LogP contribution < -0.4 is 5.32 Å². The predicted octanol–water partition coefficient (Wildman–Crippen LogP) is 5.52. The first kappa shape index (κ1) is 17.1. The van der Waals surface area contributed by atoms with E-state index >= 15 is 0 Å². The van der Waals surface area contributed by atoms with Gasteiger partial charge in [-0.1, -0.05) is 11.3 Å². The van der Waals surface area contributed by atoms with E-state index in [0.29, 0.717) is 5.56 Å². The monoisotopic (exact) mass is 471 g/mol. The minimum atomic E-state index is -0.110. The van der Waals surface area contributed by atoms with E-state index in [2.05, 4.69) is 37.9 Å². The summed E-state index contributed by atoms with van der Waals surface area (Å²) in [6.07, 6.45) is 1.78. The molecule has 0 unspecified atom stereocenters. The van der Waals surface area contributed by atoms with Gasteiger partial charge >= 0.3 is 0 Å². The van der Waals surface area contributed by atoms with E-state index in [9.17, 15) is 4.79 Å². The maximum absolute atomic E-state index is 12.4. The number of hydrogen-bond acceptors (Lipinski definition) is 4. The summed E-state index contributed by atoms with van der Waals surface area (Å²) in [5, 5.41) is 3.91. The van der Waals surface area contributed by atoms with Crippen LogP contribution in [-0.2, 0) is 0 Å². The highest BCUT2D eigenvalue weighted by molar-refractivity contribution is 14.1. The number of amides is 1. The summed E-state index contributed by atoms with van der Waals surface area (Å²) in [5.74, 6) is -0.110. The molecular weight excluding hydrogens is 457 g/mol. The number of carbonyl (C=O) groups is 1. The fourth-order valence-corrected chi connectivity index (χ4v) is 3.89. The number of pyridine rings is 1. The molecular formula is C20H14IN3OS. The third-order valence-corrected chi connectivity index (χ3v) is 5.74. The maximum Gasteiger partial charge on any atom is 0.255 e. The molecule has 0 bridgehead atoms. The number of nitrogens with one attached hydrogen (secondary N) is 1. The lowest BCUT2D eigenvalue weighted by Crippen LogP contribution is -2.12.